The number of hydrogen-bond acceptors (Lipinski definition) is 2. The van der Waals surface area contributed by atoms with E-state index in [1.54, 1.807) is 0 Å². The molecule has 82 valence electrons. The third-order valence-corrected chi connectivity index (χ3v) is 4.14. The summed E-state index contributed by atoms with van der Waals surface area (Å²) in [6.07, 6.45) is 2.79. The molecule has 0 aliphatic carbocycles. The lowest BCUT2D eigenvalue weighted by Gasteiger charge is -2.34. The van der Waals surface area contributed by atoms with Crippen molar-refractivity contribution in [1.82, 2.24) is 5.32 Å². The van der Waals surface area contributed by atoms with Gasteiger partial charge < -0.3 is 10.1 Å². The maximum Gasteiger partial charge on any atom is 0.251 e. The Bertz CT molecular complexity index is 471. The Hall–Kier alpha value is -1.35. The van der Waals surface area contributed by atoms with E-state index in [0.717, 1.165) is 18.4 Å². The van der Waals surface area contributed by atoms with Crippen molar-refractivity contribution in [3.05, 3.63) is 35.4 Å². The van der Waals surface area contributed by atoms with E-state index in [9.17, 15) is 4.79 Å². The third kappa shape index (κ3) is 0.944. The number of ether oxygens (including phenoxy) is 1. The molecule has 0 radical (unpaired) electrons. The zero-order valence-electron chi connectivity index (χ0n) is 8.85. The first-order chi connectivity index (χ1) is 7.84. The Morgan fingerprint density at radius 1 is 1.19 bits per heavy atom. The lowest BCUT2D eigenvalue weighted by molar-refractivity contribution is 0.0845. The maximum absolute atomic E-state index is 11.9. The lowest BCUT2D eigenvalue weighted by atomic mass is 9.76. The van der Waals surface area contributed by atoms with E-state index in [4.69, 9.17) is 4.74 Å². The molecule has 3 aliphatic heterocycles. The number of carbonyl (C=O) groups is 1. The molecule has 3 nitrogen and oxygen atoms in total. The highest BCUT2D eigenvalue weighted by Gasteiger charge is 2.52. The van der Waals surface area contributed by atoms with Gasteiger partial charge in [-0.25, -0.2) is 0 Å². The molecule has 1 aromatic rings. The van der Waals surface area contributed by atoms with Crippen molar-refractivity contribution in [2.24, 2.45) is 0 Å². The Balaban J connectivity index is 1.88. The number of fused-ring (bicyclic) bond motifs is 7. The van der Waals surface area contributed by atoms with Crippen LogP contribution in [0.4, 0.5) is 0 Å². The fraction of sp³-hybridized carbons (Fsp3) is 0.462. The number of amides is 1. The van der Waals surface area contributed by atoms with Gasteiger partial charge in [-0.2, -0.15) is 0 Å². The first kappa shape index (κ1) is 8.76. The monoisotopic (exact) mass is 215 g/mol. The van der Waals surface area contributed by atoms with Gasteiger partial charge in [0.1, 0.15) is 0 Å². The second-order valence-electron chi connectivity index (χ2n) is 4.90. The molecule has 4 atom stereocenters. The fourth-order valence-electron chi connectivity index (χ4n) is 3.48. The van der Waals surface area contributed by atoms with E-state index < -0.39 is 0 Å². The summed E-state index contributed by atoms with van der Waals surface area (Å²) in [5.74, 6) is 0.445. The molecule has 4 rings (SSSR count). The van der Waals surface area contributed by atoms with Crippen LogP contribution in [0.3, 0.4) is 0 Å². The van der Waals surface area contributed by atoms with Crippen LogP contribution in [0, 0.1) is 0 Å². The summed E-state index contributed by atoms with van der Waals surface area (Å²) in [6, 6.07) is 8.14. The van der Waals surface area contributed by atoms with Crippen LogP contribution in [0.2, 0.25) is 0 Å². The minimum atomic E-state index is 0.0630. The minimum absolute atomic E-state index is 0.0630. The largest absolute Gasteiger partial charge is 0.372 e. The van der Waals surface area contributed by atoms with Crippen LogP contribution in [0.15, 0.2) is 24.3 Å². The van der Waals surface area contributed by atoms with Crippen molar-refractivity contribution in [3.8, 4) is 0 Å². The summed E-state index contributed by atoms with van der Waals surface area (Å²) >= 11 is 0. The van der Waals surface area contributed by atoms with E-state index >= 15 is 0 Å². The van der Waals surface area contributed by atoms with Crippen LogP contribution in [0.25, 0.3) is 0 Å². The summed E-state index contributed by atoms with van der Waals surface area (Å²) in [6.45, 7) is 0. The Morgan fingerprint density at radius 2 is 2.00 bits per heavy atom. The number of nitrogens with one attached hydrogen (secondary N) is 1. The van der Waals surface area contributed by atoms with Gasteiger partial charge in [-0.3, -0.25) is 4.79 Å². The van der Waals surface area contributed by atoms with Crippen molar-refractivity contribution in [1.29, 1.82) is 0 Å². The topological polar surface area (TPSA) is 38.3 Å². The number of carbonyl (C=O) groups excluding carboxylic acids is 1. The van der Waals surface area contributed by atoms with Gasteiger partial charge in [0, 0.05) is 11.5 Å². The van der Waals surface area contributed by atoms with E-state index in [2.05, 4.69) is 11.4 Å². The first-order valence-corrected chi connectivity index (χ1v) is 5.90. The Morgan fingerprint density at radius 3 is 2.94 bits per heavy atom. The van der Waals surface area contributed by atoms with Crippen molar-refractivity contribution < 1.29 is 9.53 Å². The van der Waals surface area contributed by atoms with E-state index in [1.807, 2.05) is 18.2 Å². The van der Waals surface area contributed by atoms with Crippen LogP contribution in [-0.2, 0) is 4.74 Å². The van der Waals surface area contributed by atoms with Gasteiger partial charge in [-0.15, -0.1) is 0 Å². The third-order valence-electron chi connectivity index (χ3n) is 4.14. The highest BCUT2D eigenvalue weighted by Crippen LogP contribution is 2.47. The van der Waals surface area contributed by atoms with Gasteiger partial charge in [0.05, 0.1) is 18.2 Å². The molecule has 3 aliphatic rings. The van der Waals surface area contributed by atoms with Crippen molar-refractivity contribution in [2.75, 3.05) is 0 Å². The van der Waals surface area contributed by atoms with Crippen molar-refractivity contribution in [3.63, 3.8) is 0 Å². The van der Waals surface area contributed by atoms with Gasteiger partial charge in [0.15, 0.2) is 0 Å². The number of benzene rings is 1. The van der Waals surface area contributed by atoms with E-state index in [-0.39, 0.29) is 18.1 Å². The summed E-state index contributed by atoms with van der Waals surface area (Å²) in [5.41, 5.74) is 2.02. The summed E-state index contributed by atoms with van der Waals surface area (Å²) in [7, 11) is 0. The van der Waals surface area contributed by atoms with Gasteiger partial charge in [0.25, 0.3) is 5.91 Å². The molecule has 3 heterocycles. The highest BCUT2D eigenvalue weighted by atomic mass is 16.5. The van der Waals surface area contributed by atoms with Gasteiger partial charge in [-0.05, 0) is 24.5 Å². The Labute approximate surface area is 93.8 Å². The predicted molar refractivity (Wildman–Crippen MR) is 58.3 cm³/mol. The fourth-order valence-corrected chi connectivity index (χ4v) is 3.48. The molecule has 1 aromatic carbocycles. The molecule has 2 saturated heterocycles. The van der Waals surface area contributed by atoms with Crippen LogP contribution < -0.4 is 5.32 Å². The zero-order valence-corrected chi connectivity index (χ0v) is 8.85. The molecule has 16 heavy (non-hydrogen) atoms. The smallest absolute Gasteiger partial charge is 0.251 e. The van der Waals surface area contributed by atoms with Crippen LogP contribution >= 0.6 is 0 Å². The van der Waals surface area contributed by atoms with Crippen LogP contribution in [0.5, 0.6) is 0 Å². The van der Waals surface area contributed by atoms with Gasteiger partial charge in [0.2, 0.25) is 0 Å². The second-order valence-corrected chi connectivity index (χ2v) is 4.90. The molecule has 2 unspecified atom stereocenters. The molecule has 1 N–H and O–H groups in total. The second kappa shape index (κ2) is 2.86. The quantitative estimate of drug-likeness (QED) is 0.711. The molecule has 0 aromatic heterocycles. The molecule has 2 bridgehead atoms. The predicted octanol–water partition coefficient (Wildman–Crippen LogP) is 1.44. The van der Waals surface area contributed by atoms with E-state index in [1.165, 1.54) is 5.56 Å². The summed E-state index contributed by atoms with van der Waals surface area (Å²) < 4.78 is 5.91. The SMILES string of the molecule is O=C1N[C@H]2C3CCC(O3)[C@H]2c2ccccc21. The molecular formula is C13H13NO2. The maximum atomic E-state index is 11.9. The summed E-state index contributed by atoms with van der Waals surface area (Å²) in [4.78, 5) is 11.9. The molecular weight excluding hydrogens is 202 g/mol. The molecule has 0 spiro atoms. The average molecular weight is 215 g/mol. The lowest BCUT2D eigenvalue weighted by Crippen LogP contribution is -2.49. The molecule has 3 heteroatoms. The first-order valence-electron chi connectivity index (χ1n) is 5.90. The van der Waals surface area contributed by atoms with Crippen LogP contribution in [0.1, 0.15) is 34.7 Å². The average Bonchev–Trinajstić information content (AvgIpc) is 2.90. The van der Waals surface area contributed by atoms with Gasteiger partial charge in [-0.1, -0.05) is 18.2 Å². The highest BCUT2D eigenvalue weighted by molar-refractivity contribution is 5.97. The molecule has 2 fully saturated rings. The number of rotatable bonds is 0. The van der Waals surface area contributed by atoms with Crippen molar-refractivity contribution >= 4 is 5.91 Å². The molecule has 1 amide bonds. The van der Waals surface area contributed by atoms with Crippen molar-refractivity contribution in [2.45, 2.75) is 37.0 Å². The minimum Gasteiger partial charge on any atom is -0.372 e. The van der Waals surface area contributed by atoms with Gasteiger partial charge >= 0.3 is 0 Å². The van der Waals surface area contributed by atoms with Crippen LogP contribution in [-0.4, -0.2) is 24.2 Å². The van der Waals surface area contributed by atoms with E-state index in [0.29, 0.717) is 12.0 Å². The summed E-state index contributed by atoms with van der Waals surface area (Å²) in [5, 5.41) is 3.10. The Kier molecular flexibility index (Phi) is 1.56. The molecule has 0 saturated carbocycles. The standard InChI is InChI=1S/C13H13NO2/c15-13-8-4-2-1-3-7(8)11-9-5-6-10(16-9)12(11)14-13/h1-4,9-12H,5-6H2,(H,14,15)/t9?,10?,11-,12+/m1/s1. The number of hydrogen-bond donors (Lipinski definition) is 1. The normalized spacial score (nSPS) is 39.1. The zero-order chi connectivity index (χ0) is 10.7.